The first kappa shape index (κ1) is 13.0. The van der Waals surface area contributed by atoms with Gasteiger partial charge in [-0.15, -0.1) is 0 Å². The highest BCUT2D eigenvalue weighted by atomic mass is 15.2. The second-order valence-electron chi connectivity index (χ2n) is 5.88. The summed E-state index contributed by atoms with van der Waals surface area (Å²) >= 11 is 0. The van der Waals surface area contributed by atoms with Crippen LogP contribution in [0.3, 0.4) is 0 Å². The van der Waals surface area contributed by atoms with E-state index in [4.69, 9.17) is 0 Å². The molecule has 0 amide bonds. The van der Waals surface area contributed by atoms with Crippen LogP contribution in [0.1, 0.15) is 47.0 Å². The molecule has 0 atom stereocenters. The van der Waals surface area contributed by atoms with Crippen LogP contribution in [-0.2, 0) is 0 Å². The lowest BCUT2D eigenvalue weighted by atomic mass is 9.98. The normalized spacial score (nSPS) is 19.8. The van der Waals surface area contributed by atoms with Crippen molar-refractivity contribution in [3.8, 4) is 0 Å². The molecule has 0 aromatic heterocycles. The Morgan fingerprint density at radius 2 is 1.73 bits per heavy atom. The fourth-order valence-corrected chi connectivity index (χ4v) is 2.28. The molecule has 1 aliphatic heterocycles. The lowest BCUT2D eigenvalue weighted by Gasteiger charge is -2.41. The Hall–Kier alpha value is -0.0800. The molecule has 1 heterocycles. The maximum absolute atomic E-state index is 3.58. The first-order chi connectivity index (χ1) is 7.02. The van der Waals surface area contributed by atoms with E-state index in [1.54, 1.807) is 0 Å². The fourth-order valence-electron chi connectivity index (χ4n) is 2.28. The molecule has 1 aliphatic rings. The lowest BCUT2D eigenvalue weighted by Crippen LogP contribution is -2.52. The summed E-state index contributed by atoms with van der Waals surface area (Å²) in [6.07, 6.45) is 4.19. The van der Waals surface area contributed by atoms with Crippen LogP contribution >= 0.6 is 0 Å². The Morgan fingerprint density at radius 1 is 1.13 bits per heavy atom. The maximum atomic E-state index is 3.58. The van der Waals surface area contributed by atoms with Gasteiger partial charge in [-0.05, 0) is 52.2 Å². The summed E-state index contributed by atoms with van der Waals surface area (Å²) < 4.78 is 0. The summed E-state index contributed by atoms with van der Waals surface area (Å²) in [6, 6.07) is 0. The van der Waals surface area contributed by atoms with E-state index in [1.807, 2.05) is 0 Å². The van der Waals surface area contributed by atoms with Gasteiger partial charge in [-0.1, -0.05) is 20.3 Å². The first-order valence-corrected chi connectivity index (χ1v) is 6.48. The van der Waals surface area contributed by atoms with Crippen LogP contribution < -0.4 is 5.32 Å². The van der Waals surface area contributed by atoms with Crippen molar-refractivity contribution in [3.05, 3.63) is 0 Å². The van der Waals surface area contributed by atoms with Gasteiger partial charge in [0, 0.05) is 12.1 Å². The van der Waals surface area contributed by atoms with Crippen molar-refractivity contribution in [2.75, 3.05) is 26.2 Å². The van der Waals surface area contributed by atoms with Crippen LogP contribution in [0, 0.1) is 5.92 Å². The van der Waals surface area contributed by atoms with E-state index in [1.165, 1.54) is 32.4 Å². The summed E-state index contributed by atoms with van der Waals surface area (Å²) in [5.41, 5.74) is 0.329. The predicted molar refractivity (Wildman–Crippen MR) is 67.2 cm³/mol. The van der Waals surface area contributed by atoms with Gasteiger partial charge in [-0.2, -0.15) is 0 Å². The van der Waals surface area contributed by atoms with E-state index in [0.29, 0.717) is 5.54 Å². The molecule has 0 spiro atoms. The molecular weight excluding hydrogens is 184 g/mol. The number of nitrogens with one attached hydrogen (secondary N) is 1. The minimum absolute atomic E-state index is 0.329. The van der Waals surface area contributed by atoms with Gasteiger partial charge in [-0.3, -0.25) is 4.90 Å². The predicted octanol–water partition coefficient (Wildman–Crippen LogP) is 2.50. The zero-order valence-corrected chi connectivity index (χ0v) is 11.0. The number of piperidine rings is 1. The van der Waals surface area contributed by atoms with Crippen LogP contribution in [0.25, 0.3) is 0 Å². The third-order valence-corrected chi connectivity index (χ3v) is 3.32. The van der Waals surface area contributed by atoms with Crippen LogP contribution in [0.15, 0.2) is 0 Å². The number of rotatable bonds is 5. The van der Waals surface area contributed by atoms with E-state index in [-0.39, 0.29) is 0 Å². The standard InChI is InChI=1S/C13H28N2/c1-12(2)10-14-11-13(3,4)15-8-6-5-7-9-15/h12,14H,5-11H2,1-4H3. The van der Waals surface area contributed by atoms with Gasteiger partial charge in [-0.25, -0.2) is 0 Å². The van der Waals surface area contributed by atoms with Crippen LogP contribution in [0.2, 0.25) is 0 Å². The third-order valence-electron chi connectivity index (χ3n) is 3.32. The Morgan fingerprint density at radius 3 is 2.27 bits per heavy atom. The molecule has 0 unspecified atom stereocenters. The molecule has 1 N–H and O–H groups in total. The largest absolute Gasteiger partial charge is 0.315 e. The lowest BCUT2D eigenvalue weighted by molar-refractivity contribution is 0.0939. The molecule has 1 fully saturated rings. The molecule has 1 saturated heterocycles. The number of hydrogen-bond acceptors (Lipinski definition) is 2. The number of nitrogens with zero attached hydrogens (tertiary/aromatic N) is 1. The molecule has 0 aromatic carbocycles. The molecule has 0 saturated carbocycles. The Balaban J connectivity index is 2.29. The highest BCUT2D eigenvalue weighted by molar-refractivity contribution is 4.85. The van der Waals surface area contributed by atoms with Crippen molar-refractivity contribution in [1.82, 2.24) is 10.2 Å². The molecule has 0 aromatic rings. The van der Waals surface area contributed by atoms with Crippen LogP contribution in [0.5, 0.6) is 0 Å². The van der Waals surface area contributed by atoms with E-state index in [0.717, 1.165) is 19.0 Å². The van der Waals surface area contributed by atoms with Gasteiger partial charge >= 0.3 is 0 Å². The number of hydrogen-bond donors (Lipinski definition) is 1. The smallest absolute Gasteiger partial charge is 0.0277 e. The zero-order chi connectivity index (χ0) is 11.3. The second kappa shape index (κ2) is 5.86. The van der Waals surface area contributed by atoms with E-state index in [9.17, 15) is 0 Å². The SMILES string of the molecule is CC(C)CNCC(C)(C)N1CCCCC1. The molecule has 15 heavy (non-hydrogen) atoms. The molecular formula is C13H28N2. The van der Waals surface area contributed by atoms with E-state index >= 15 is 0 Å². The summed E-state index contributed by atoms with van der Waals surface area (Å²) in [5.74, 6) is 0.752. The molecule has 0 aliphatic carbocycles. The summed E-state index contributed by atoms with van der Waals surface area (Å²) in [4.78, 5) is 2.64. The molecule has 1 rings (SSSR count). The van der Waals surface area contributed by atoms with Crippen LogP contribution in [0.4, 0.5) is 0 Å². The molecule has 0 radical (unpaired) electrons. The molecule has 2 heteroatoms. The van der Waals surface area contributed by atoms with Crippen molar-refractivity contribution < 1.29 is 0 Å². The average molecular weight is 212 g/mol. The van der Waals surface area contributed by atoms with E-state index in [2.05, 4.69) is 37.9 Å². The topological polar surface area (TPSA) is 15.3 Å². The van der Waals surface area contributed by atoms with Gasteiger partial charge in [0.1, 0.15) is 0 Å². The monoisotopic (exact) mass is 212 g/mol. The Kier molecular flexibility index (Phi) is 5.07. The maximum Gasteiger partial charge on any atom is 0.0277 e. The summed E-state index contributed by atoms with van der Waals surface area (Å²) in [6.45, 7) is 14.1. The summed E-state index contributed by atoms with van der Waals surface area (Å²) in [5, 5.41) is 3.58. The number of likely N-dealkylation sites (tertiary alicyclic amines) is 1. The highest BCUT2D eigenvalue weighted by Crippen LogP contribution is 2.19. The fraction of sp³-hybridized carbons (Fsp3) is 1.00. The second-order valence-corrected chi connectivity index (χ2v) is 5.88. The van der Waals surface area contributed by atoms with Gasteiger partial charge < -0.3 is 5.32 Å². The third kappa shape index (κ3) is 4.52. The minimum atomic E-state index is 0.329. The van der Waals surface area contributed by atoms with E-state index < -0.39 is 0 Å². The Labute approximate surface area is 95.4 Å². The van der Waals surface area contributed by atoms with Crippen molar-refractivity contribution in [2.45, 2.75) is 52.5 Å². The Bertz CT molecular complexity index is 169. The van der Waals surface area contributed by atoms with Crippen molar-refractivity contribution in [3.63, 3.8) is 0 Å². The quantitative estimate of drug-likeness (QED) is 0.753. The highest BCUT2D eigenvalue weighted by Gasteiger charge is 2.27. The molecule has 2 nitrogen and oxygen atoms in total. The van der Waals surface area contributed by atoms with Gasteiger partial charge in [0.15, 0.2) is 0 Å². The molecule has 0 bridgehead atoms. The molecule has 90 valence electrons. The first-order valence-electron chi connectivity index (χ1n) is 6.48. The summed E-state index contributed by atoms with van der Waals surface area (Å²) in [7, 11) is 0. The van der Waals surface area contributed by atoms with Crippen molar-refractivity contribution >= 4 is 0 Å². The zero-order valence-electron chi connectivity index (χ0n) is 11.0. The van der Waals surface area contributed by atoms with Gasteiger partial charge in [0.2, 0.25) is 0 Å². The van der Waals surface area contributed by atoms with Crippen LogP contribution in [-0.4, -0.2) is 36.6 Å². The minimum Gasteiger partial charge on any atom is -0.315 e. The average Bonchev–Trinajstić information content (AvgIpc) is 2.18. The van der Waals surface area contributed by atoms with Gasteiger partial charge in [0.25, 0.3) is 0 Å². The van der Waals surface area contributed by atoms with Crippen molar-refractivity contribution in [2.24, 2.45) is 5.92 Å². The van der Waals surface area contributed by atoms with Gasteiger partial charge in [0.05, 0.1) is 0 Å². The van der Waals surface area contributed by atoms with Crippen molar-refractivity contribution in [1.29, 1.82) is 0 Å².